The van der Waals surface area contributed by atoms with Crippen LogP contribution in [0, 0.1) is 0 Å². The molecule has 25 nitrogen and oxygen atoms in total. The van der Waals surface area contributed by atoms with Crippen molar-refractivity contribution in [2.45, 2.75) is 133 Å². The Labute approximate surface area is 387 Å². The molecule has 0 saturated carbocycles. The third-order valence-electron chi connectivity index (χ3n) is 8.68. The Morgan fingerprint density at radius 2 is 0.726 bits per heavy atom. The summed E-state index contributed by atoms with van der Waals surface area (Å²) in [6, 6.07) is -3.39. The molecule has 5 atom stereocenters. The minimum Gasteiger partial charge on any atom is -0.542 e. The van der Waals surface area contributed by atoms with Crippen LogP contribution in [-0.4, -0.2) is 122 Å². The van der Waals surface area contributed by atoms with Gasteiger partial charge in [0.05, 0.1) is 0 Å². The van der Waals surface area contributed by atoms with Gasteiger partial charge in [0.15, 0.2) is 23.8 Å². The van der Waals surface area contributed by atoms with Crippen LogP contribution in [-0.2, 0) is 66.3 Å². The Kier molecular flexibility index (Phi) is 33.4. The monoisotopic (exact) mass is 954 g/mol. The van der Waals surface area contributed by atoms with E-state index in [-0.39, 0.29) is 133 Å². The maximum Gasteiger partial charge on any atom is 0.222 e. The number of carbonyl (C=O) groups is 6. The molecule has 0 rings (SSSR count). The number of nitrogens with one attached hydrogen (secondary N) is 5. The molecular formula is C36H69N18O7Y-. The van der Waals surface area contributed by atoms with Crippen LogP contribution in [0.1, 0.15) is 103 Å². The van der Waals surface area contributed by atoms with E-state index < -0.39 is 59.7 Å². The van der Waals surface area contributed by atoms with Crippen molar-refractivity contribution in [1.82, 2.24) is 26.6 Å². The Morgan fingerprint density at radius 3 is 1.00 bits per heavy atom. The third-order valence-corrected chi connectivity index (χ3v) is 8.68. The summed E-state index contributed by atoms with van der Waals surface area (Å²) in [5.41, 5.74) is 48.7. The molecule has 26 heteroatoms. The third kappa shape index (κ3) is 35.4. The Morgan fingerprint density at radius 1 is 0.452 bits per heavy atom. The molecule has 0 aromatic rings. The van der Waals surface area contributed by atoms with Crippen LogP contribution in [0.5, 0.6) is 0 Å². The summed E-state index contributed by atoms with van der Waals surface area (Å²) in [6.45, 7) is 2.33. The van der Waals surface area contributed by atoms with Gasteiger partial charge in [-0.1, -0.05) is 0 Å². The van der Waals surface area contributed by atoms with Crippen LogP contribution in [0.25, 0.3) is 0 Å². The van der Waals surface area contributed by atoms with E-state index >= 15 is 0 Å². The zero-order valence-electron chi connectivity index (χ0n) is 35.7. The average molecular weight is 955 g/mol. The number of guanidine groups is 4. The van der Waals surface area contributed by atoms with Crippen molar-refractivity contribution in [3.05, 3.63) is 0 Å². The number of nitrogens with two attached hydrogens (primary N) is 9. The Hall–Kier alpha value is -5.33. The smallest absolute Gasteiger partial charge is 0.222 e. The fourth-order valence-electron chi connectivity index (χ4n) is 6.06. The average Bonchev–Trinajstić information content (AvgIpc) is 3.13. The molecule has 0 bridgehead atoms. The molecule has 0 aromatic carbocycles. The Bertz CT molecular complexity index is 1510. The maximum absolute atomic E-state index is 13.5. The molecule has 0 aliphatic rings. The fraction of sp³-hybridized carbons (Fsp3) is 0.694. The molecular weight excluding hydrogens is 885 g/mol. The first kappa shape index (κ1) is 58.8. The van der Waals surface area contributed by atoms with Gasteiger partial charge >= 0.3 is 0 Å². The minimum absolute atomic E-state index is 0. The summed E-state index contributed by atoms with van der Waals surface area (Å²) in [5, 5.41) is 14.0. The van der Waals surface area contributed by atoms with Gasteiger partial charge in [0.25, 0.3) is 0 Å². The fourth-order valence-corrected chi connectivity index (χ4v) is 6.06. The first-order valence-corrected chi connectivity index (χ1v) is 20.1. The van der Waals surface area contributed by atoms with Gasteiger partial charge in [0.2, 0.25) is 35.4 Å². The largest absolute Gasteiger partial charge is 0.542 e. The van der Waals surface area contributed by atoms with Crippen molar-refractivity contribution >= 4 is 65.6 Å². The molecule has 0 spiro atoms. The zero-order valence-corrected chi connectivity index (χ0v) is 38.6. The van der Waals surface area contributed by atoms with Gasteiger partial charge in [-0.15, -0.1) is 6.42 Å². The normalized spacial score (nSPS) is 12.8. The summed E-state index contributed by atoms with van der Waals surface area (Å²) in [5.74, 6) is -3.39. The van der Waals surface area contributed by atoms with E-state index in [9.17, 15) is 33.6 Å². The van der Waals surface area contributed by atoms with E-state index in [1.165, 1.54) is 6.92 Å². The molecule has 0 unspecified atom stereocenters. The summed E-state index contributed by atoms with van der Waals surface area (Å²) < 4.78 is 0. The van der Waals surface area contributed by atoms with E-state index in [1.807, 2.05) is 0 Å². The van der Waals surface area contributed by atoms with Crippen molar-refractivity contribution in [2.75, 3.05) is 26.2 Å². The first-order chi connectivity index (χ1) is 28.8. The van der Waals surface area contributed by atoms with Crippen molar-refractivity contribution in [3.8, 4) is 0 Å². The van der Waals surface area contributed by atoms with Gasteiger partial charge in [-0.05, 0) is 57.8 Å². The number of rotatable bonds is 34. The molecule has 0 aromatic heterocycles. The number of carbonyl (C=O) groups excluding carboxylic acids is 7. The molecule has 0 aliphatic carbocycles. The molecule has 1 radical (unpaired) electrons. The Balaban J connectivity index is 0. The molecule has 0 fully saturated rings. The van der Waals surface area contributed by atoms with Crippen LogP contribution in [0.4, 0.5) is 0 Å². The standard InChI is InChI=1S/C36H69N18O7.Y/c1-22(56)50-24(7-3-14-47-34(40)41)18-30(59)54-27(10-11-28(37)57)21-32(61)53-26(9-5-16-49-36(44)45)20-31(60)52-25(8-4-15-48-35(42)43)19-29(58)51-23(12-17-55)6-2-13-46-33(38)39;/h23-27H,2-16,18-21H2,1H3,(H2,37,57)(H,50,56)(H,51,58)(H,52,60)(H,53,61)(H,54,59)(H4,38,39,46)(H4,40,41,47)(H4,42,43,48)(H4,44,45,49);/q-1;/t23-,24-,25-,26-,27-;/m0./s1. The summed E-state index contributed by atoms with van der Waals surface area (Å²) >= 11 is 0. The number of primary amides is 1. The predicted octanol–water partition coefficient (Wildman–Crippen LogP) is -5.03. The van der Waals surface area contributed by atoms with Crippen LogP contribution in [0.2, 0.25) is 0 Å². The number of hydrogen-bond donors (Lipinski definition) is 14. The maximum atomic E-state index is 13.5. The van der Waals surface area contributed by atoms with E-state index in [1.54, 1.807) is 6.29 Å². The quantitative estimate of drug-likeness (QED) is 0.0124. The molecule has 62 heavy (non-hydrogen) atoms. The van der Waals surface area contributed by atoms with E-state index in [2.05, 4.69) is 46.6 Å². The van der Waals surface area contributed by atoms with E-state index in [4.69, 9.17) is 51.6 Å². The number of aliphatic imine (C=N–C) groups is 4. The number of nitrogens with zero attached hydrogens (tertiary/aromatic N) is 4. The number of hydrogen-bond acceptors (Lipinski definition) is 11. The topological polar surface area (TPSA) is 463 Å². The van der Waals surface area contributed by atoms with E-state index in [0.717, 1.165) is 0 Å². The summed E-state index contributed by atoms with van der Waals surface area (Å²) in [4.78, 5) is 104. The second-order valence-electron chi connectivity index (χ2n) is 14.4. The minimum atomic E-state index is -0.837. The van der Waals surface area contributed by atoms with Crippen LogP contribution in [0.3, 0.4) is 0 Å². The molecule has 23 N–H and O–H groups in total. The molecule has 0 aliphatic heterocycles. The molecule has 349 valence electrons. The molecule has 0 saturated heterocycles. The zero-order chi connectivity index (χ0) is 46.2. The SMILES string of the molecule is CC(=O)N[C@@H](CCCN=C(N)N)CC(=O)N[C@@H](CCC(N)=O)CC(=O)N[C@@H](CCCN=C(N)N)CC(=O)N[C@@H](CCCN=C(N)N)CC(=O)N[C@H](C[C-]=O)CCCN=C(N)N.[Y]. The van der Waals surface area contributed by atoms with Gasteiger partial charge in [-0.2, -0.15) is 0 Å². The molecule has 0 heterocycles. The van der Waals surface area contributed by atoms with E-state index in [0.29, 0.717) is 51.5 Å². The van der Waals surface area contributed by atoms with Crippen molar-refractivity contribution in [2.24, 2.45) is 71.6 Å². The second-order valence-corrected chi connectivity index (χ2v) is 14.4. The second kappa shape index (κ2) is 35.3. The van der Waals surface area contributed by atoms with Gasteiger partial charge in [0, 0.05) is 128 Å². The van der Waals surface area contributed by atoms with Gasteiger partial charge in [0.1, 0.15) is 0 Å². The van der Waals surface area contributed by atoms with Gasteiger partial charge < -0.3 is 83.0 Å². The van der Waals surface area contributed by atoms with Gasteiger partial charge in [-0.25, -0.2) is 0 Å². The van der Waals surface area contributed by atoms with Crippen LogP contribution < -0.4 is 78.2 Å². The summed E-state index contributed by atoms with van der Waals surface area (Å²) in [7, 11) is 0. The number of amides is 6. The van der Waals surface area contributed by atoms with Crippen LogP contribution in [0.15, 0.2) is 20.0 Å². The van der Waals surface area contributed by atoms with Crippen molar-refractivity contribution in [1.29, 1.82) is 0 Å². The summed E-state index contributed by atoms with van der Waals surface area (Å²) in [6.07, 6.45) is 3.90. The van der Waals surface area contributed by atoms with Crippen LogP contribution >= 0.6 is 0 Å². The first-order valence-electron chi connectivity index (χ1n) is 20.1. The van der Waals surface area contributed by atoms with Crippen molar-refractivity contribution in [3.63, 3.8) is 0 Å². The van der Waals surface area contributed by atoms with Gasteiger partial charge in [-0.3, -0.25) is 55.0 Å². The predicted molar refractivity (Wildman–Crippen MR) is 232 cm³/mol. The molecule has 6 amide bonds. The van der Waals surface area contributed by atoms with Crippen molar-refractivity contribution < 1.29 is 66.3 Å².